The van der Waals surface area contributed by atoms with Gasteiger partial charge < -0.3 is 24.7 Å². The standard InChI is InChI=1S/C24H28N6OS.C2H4O2/c1-28-7-5-18-21(14-28)32-23-22(18)24(31)30(15-27-23)11-10-29-8-3-16(4-9-29)19-12-26-20-13-25-6-2-17(19)20;1-2(3)4/h2,6,12-13,15-16,26H,3-5,7-11,14H2,1H3;1H3,(H,3,4). The Labute approximate surface area is 213 Å². The predicted octanol–water partition coefficient (Wildman–Crippen LogP) is 0.541. The van der Waals surface area contributed by atoms with Gasteiger partial charge in [0.25, 0.3) is 5.56 Å². The zero-order valence-electron chi connectivity index (χ0n) is 20.7. The van der Waals surface area contributed by atoms with Crippen LogP contribution in [0.4, 0.5) is 0 Å². The van der Waals surface area contributed by atoms with Crippen molar-refractivity contribution in [2.24, 2.45) is 0 Å². The molecule has 2 aliphatic heterocycles. The summed E-state index contributed by atoms with van der Waals surface area (Å²) in [5.74, 6) is -0.480. The minimum atomic E-state index is -1.08. The summed E-state index contributed by atoms with van der Waals surface area (Å²) < 4.78 is 1.85. The molecule has 1 fully saturated rings. The van der Waals surface area contributed by atoms with Gasteiger partial charge in [-0.3, -0.25) is 14.3 Å². The quantitative estimate of drug-likeness (QED) is 0.416. The second kappa shape index (κ2) is 10.5. The molecule has 0 saturated carbocycles. The number of carboxylic acids is 1. The molecule has 0 radical (unpaired) electrons. The third kappa shape index (κ3) is 5.07. The Hall–Kier alpha value is -3.08. The fourth-order valence-corrected chi connectivity index (χ4v) is 6.76. The number of nitrogens with zero attached hydrogens (tertiary/aromatic N) is 4. The number of quaternary nitrogens is 1. The number of hydrogen-bond acceptors (Lipinski definition) is 7. The summed E-state index contributed by atoms with van der Waals surface area (Å²) in [6, 6.07) is 2.12. The van der Waals surface area contributed by atoms with E-state index in [2.05, 4.69) is 39.2 Å². The van der Waals surface area contributed by atoms with E-state index in [1.54, 1.807) is 22.6 Å². The number of carbonyl (C=O) groups excluding carboxylic acids is 1. The lowest BCUT2D eigenvalue weighted by Gasteiger charge is -2.29. The highest BCUT2D eigenvalue weighted by atomic mass is 32.1. The van der Waals surface area contributed by atoms with Crippen molar-refractivity contribution in [1.82, 2.24) is 24.4 Å². The molecule has 0 spiro atoms. The van der Waals surface area contributed by atoms with Gasteiger partial charge in [0.15, 0.2) is 0 Å². The van der Waals surface area contributed by atoms with Crippen LogP contribution in [0, 0.1) is 0 Å². The van der Waals surface area contributed by atoms with Gasteiger partial charge in [0, 0.05) is 54.6 Å². The molecular formula is C26H32N6O3S. The molecule has 1 saturated heterocycles. The molecule has 0 bridgehead atoms. The molecule has 2 aliphatic rings. The summed E-state index contributed by atoms with van der Waals surface area (Å²) in [7, 11) is 2.14. The fraction of sp³-hybridized carbons (Fsp3) is 0.462. The molecule has 2 N–H and O–H groups in total. The van der Waals surface area contributed by atoms with Gasteiger partial charge in [-0.2, -0.15) is 0 Å². The predicted molar refractivity (Wildman–Crippen MR) is 138 cm³/mol. The Balaban J connectivity index is 0.000000623. The normalized spacial score (nSPS) is 20.2. The van der Waals surface area contributed by atoms with Crippen molar-refractivity contribution in [3.05, 3.63) is 57.3 Å². The van der Waals surface area contributed by atoms with Crippen molar-refractivity contribution in [2.75, 3.05) is 33.2 Å². The number of aromatic nitrogens is 4. The SMILES string of the molecule is CC(=O)[O-].CN1CCc2c(sc3ncn(CC[NH+]4CCC(c5c[nH]c6cnccc56)CC4)c(=O)c23)C1. The summed E-state index contributed by atoms with van der Waals surface area (Å²) in [6.07, 6.45) is 11.0. The van der Waals surface area contributed by atoms with Gasteiger partial charge in [-0.15, -0.1) is 11.3 Å². The first-order valence-corrected chi connectivity index (χ1v) is 13.3. The van der Waals surface area contributed by atoms with Crippen LogP contribution in [-0.2, 0) is 24.3 Å². The highest BCUT2D eigenvalue weighted by Gasteiger charge is 2.26. The Morgan fingerprint density at radius 1 is 1.33 bits per heavy atom. The fourth-order valence-electron chi connectivity index (χ4n) is 5.50. The van der Waals surface area contributed by atoms with Crippen LogP contribution >= 0.6 is 11.3 Å². The maximum Gasteiger partial charge on any atom is 0.262 e. The molecular weight excluding hydrogens is 476 g/mol. The monoisotopic (exact) mass is 508 g/mol. The van der Waals surface area contributed by atoms with E-state index in [4.69, 9.17) is 9.90 Å². The minimum Gasteiger partial charge on any atom is -0.550 e. The van der Waals surface area contributed by atoms with Crippen LogP contribution in [-0.4, -0.2) is 63.6 Å². The van der Waals surface area contributed by atoms with Gasteiger partial charge in [0.1, 0.15) is 4.83 Å². The maximum absolute atomic E-state index is 13.2. The van der Waals surface area contributed by atoms with E-state index in [0.29, 0.717) is 5.92 Å². The molecule has 6 heterocycles. The molecule has 0 aromatic carbocycles. The van der Waals surface area contributed by atoms with Crippen molar-refractivity contribution in [3.8, 4) is 0 Å². The number of H-pyrrole nitrogens is 1. The first-order valence-electron chi connectivity index (χ1n) is 12.5. The largest absolute Gasteiger partial charge is 0.550 e. The molecule has 0 aliphatic carbocycles. The van der Waals surface area contributed by atoms with Crippen LogP contribution in [0.1, 0.15) is 41.7 Å². The Bertz CT molecular complexity index is 1430. The summed E-state index contributed by atoms with van der Waals surface area (Å²) in [6.45, 7) is 6.93. The molecule has 10 heteroatoms. The van der Waals surface area contributed by atoms with Crippen LogP contribution in [0.3, 0.4) is 0 Å². The van der Waals surface area contributed by atoms with E-state index >= 15 is 0 Å². The van der Waals surface area contributed by atoms with E-state index in [-0.39, 0.29) is 5.56 Å². The van der Waals surface area contributed by atoms with Crippen LogP contribution in [0.5, 0.6) is 0 Å². The first kappa shape index (κ1) is 24.6. The Morgan fingerprint density at radius 3 is 2.89 bits per heavy atom. The lowest BCUT2D eigenvalue weighted by atomic mass is 9.89. The number of aromatic amines is 1. The van der Waals surface area contributed by atoms with Crippen LogP contribution < -0.4 is 15.6 Å². The highest BCUT2D eigenvalue weighted by Crippen LogP contribution is 2.32. The smallest absolute Gasteiger partial charge is 0.262 e. The Morgan fingerprint density at radius 2 is 2.11 bits per heavy atom. The van der Waals surface area contributed by atoms with Gasteiger partial charge >= 0.3 is 0 Å². The van der Waals surface area contributed by atoms with Gasteiger partial charge in [-0.25, -0.2) is 4.98 Å². The van der Waals surface area contributed by atoms with Gasteiger partial charge in [-0.05, 0) is 43.5 Å². The summed E-state index contributed by atoms with van der Waals surface area (Å²) >= 11 is 1.69. The second-order valence-electron chi connectivity index (χ2n) is 9.85. The van der Waals surface area contributed by atoms with Gasteiger partial charge in [0.2, 0.25) is 0 Å². The summed E-state index contributed by atoms with van der Waals surface area (Å²) in [5, 5.41) is 11.1. The van der Waals surface area contributed by atoms with E-state index in [9.17, 15) is 4.79 Å². The van der Waals surface area contributed by atoms with Gasteiger partial charge in [-0.1, -0.05) is 0 Å². The third-order valence-corrected chi connectivity index (χ3v) is 8.50. The zero-order chi connectivity index (χ0) is 25.2. The zero-order valence-corrected chi connectivity index (χ0v) is 21.6. The number of hydrogen-bond donors (Lipinski definition) is 2. The number of aliphatic carboxylic acids is 1. The third-order valence-electron chi connectivity index (χ3n) is 7.37. The number of thiophene rings is 1. The summed E-state index contributed by atoms with van der Waals surface area (Å²) in [4.78, 5) is 40.5. The molecule has 4 aromatic heterocycles. The maximum atomic E-state index is 13.2. The van der Waals surface area contributed by atoms with E-state index in [1.165, 1.54) is 34.2 Å². The molecule has 4 aromatic rings. The highest BCUT2D eigenvalue weighted by molar-refractivity contribution is 7.18. The average molecular weight is 509 g/mol. The molecule has 36 heavy (non-hydrogen) atoms. The number of nitrogens with one attached hydrogen (secondary N) is 2. The van der Waals surface area contributed by atoms with E-state index in [0.717, 1.165) is 68.3 Å². The number of likely N-dealkylation sites (N-methyl/N-ethyl adjacent to an activating group) is 1. The van der Waals surface area contributed by atoms with Crippen molar-refractivity contribution in [2.45, 2.75) is 45.2 Å². The van der Waals surface area contributed by atoms with Crippen molar-refractivity contribution >= 4 is 38.4 Å². The number of pyridine rings is 1. The number of piperidine rings is 1. The lowest BCUT2D eigenvalue weighted by Crippen LogP contribution is -3.13. The second-order valence-corrected chi connectivity index (χ2v) is 10.9. The molecule has 190 valence electrons. The molecule has 0 atom stereocenters. The lowest BCUT2D eigenvalue weighted by molar-refractivity contribution is -0.906. The van der Waals surface area contributed by atoms with Crippen LogP contribution in [0.15, 0.2) is 35.8 Å². The van der Waals surface area contributed by atoms with Crippen LogP contribution in [0.25, 0.3) is 21.1 Å². The van der Waals surface area contributed by atoms with Crippen molar-refractivity contribution in [3.63, 3.8) is 0 Å². The number of carbonyl (C=O) groups is 1. The van der Waals surface area contributed by atoms with Gasteiger partial charge in [0.05, 0.1) is 49.6 Å². The van der Waals surface area contributed by atoms with E-state index < -0.39 is 5.97 Å². The summed E-state index contributed by atoms with van der Waals surface area (Å²) in [5.41, 5.74) is 3.96. The Kier molecular flexibility index (Phi) is 7.17. The number of likely N-dealkylation sites (tertiary alicyclic amines) is 1. The first-order chi connectivity index (χ1) is 17.4. The number of rotatable bonds is 4. The topological polar surface area (TPSA) is 111 Å². The molecule has 6 rings (SSSR count). The minimum absolute atomic E-state index is 0.152. The number of fused-ring (bicyclic) bond motifs is 4. The molecule has 0 amide bonds. The molecule has 9 nitrogen and oxygen atoms in total. The number of carboxylic acid groups (broad SMARTS) is 1. The van der Waals surface area contributed by atoms with E-state index in [1.807, 2.05) is 17.0 Å². The van der Waals surface area contributed by atoms with Crippen molar-refractivity contribution < 1.29 is 14.8 Å². The van der Waals surface area contributed by atoms with Crippen LogP contribution in [0.2, 0.25) is 0 Å². The average Bonchev–Trinajstić information content (AvgIpc) is 3.45. The molecule has 0 unspecified atom stereocenters. The van der Waals surface area contributed by atoms with Crippen molar-refractivity contribution in [1.29, 1.82) is 0 Å².